The minimum Gasteiger partial charge on any atom is -0.493 e. The number of hydrogen-bond acceptors (Lipinski definition) is 3. The van der Waals surface area contributed by atoms with Gasteiger partial charge in [0.25, 0.3) is 0 Å². The molecule has 0 radical (unpaired) electrons. The first kappa shape index (κ1) is 15.1. The Bertz CT molecular complexity index is 588. The third kappa shape index (κ3) is 5.30. The third-order valence-corrected chi connectivity index (χ3v) is 3.08. The Morgan fingerprint density at radius 2 is 1.76 bits per heavy atom. The smallest absolute Gasteiger partial charge is 0.309 e. The summed E-state index contributed by atoms with van der Waals surface area (Å²) in [4.78, 5) is 11.6. The molecule has 0 aliphatic rings. The minimum absolute atomic E-state index is 0.247. The standard InChI is InChI=1S/C18H20O3/c1-14-6-8-17(9-7-14)20-11-10-18(19)21-13-16-5-3-4-15(2)12-16/h3-9,12H,10-11,13H2,1-2H3. The van der Waals surface area contributed by atoms with Crippen LogP contribution in [0.4, 0.5) is 0 Å². The maximum Gasteiger partial charge on any atom is 0.309 e. The molecule has 0 aromatic heterocycles. The van der Waals surface area contributed by atoms with Crippen LogP contribution in [0.3, 0.4) is 0 Å². The van der Waals surface area contributed by atoms with Crippen LogP contribution in [0.5, 0.6) is 5.75 Å². The number of benzene rings is 2. The molecule has 0 aliphatic heterocycles. The van der Waals surface area contributed by atoms with Gasteiger partial charge in [-0.2, -0.15) is 0 Å². The Balaban J connectivity index is 1.69. The van der Waals surface area contributed by atoms with Crippen LogP contribution >= 0.6 is 0 Å². The number of aryl methyl sites for hydroxylation is 2. The van der Waals surface area contributed by atoms with Crippen molar-refractivity contribution in [3.8, 4) is 5.75 Å². The van der Waals surface area contributed by atoms with Crippen molar-refractivity contribution in [3.05, 3.63) is 65.2 Å². The molecule has 110 valence electrons. The van der Waals surface area contributed by atoms with Crippen LogP contribution in [-0.2, 0) is 16.1 Å². The van der Waals surface area contributed by atoms with E-state index in [1.54, 1.807) is 0 Å². The Morgan fingerprint density at radius 1 is 1.00 bits per heavy atom. The molecule has 21 heavy (non-hydrogen) atoms. The Morgan fingerprint density at radius 3 is 2.48 bits per heavy atom. The molecule has 2 aromatic rings. The SMILES string of the molecule is Cc1ccc(OCCC(=O)OCc2cccc(C)c2)cc1. The van der Waals surface area contributed by atoms with Crippen LogP contribution < -0.4 is 4.74 Å². The van der Waals surface area contributed by atoms with Gasteiger partial charge in [-0.25, -0.2) is 0 Å². The van der Waals surface area contributed by atoms with E-state index in [-0.39, 0.29) is 12.4 Å². The number of carbonyl (C=O) groups is 1. The molecule has 2 aromatic carbocycles. The molecule has 0 heterocycles. The van der Waals surface area contributed by atoms with E-state index < -0.39 is 0 Å². The van der Waals surface area contributed by atoms with Crippen LogP contribution in [0.25, 0.3) is 0 Å². The third-order valence-electron chi connectivity index (χ3n) is 3.08. The number of rotatable bonds is 6. The summed E-state index contributed by atoms with van der Waals surface area (Å²) in [6.45, 7) is 4.67. The van der Waals surface area contributed by atoms with E-state index in [1.807, 2.05) is 62.4 Å². The zero-order valence-electron chi connectivity index (χ0n) is 12.5. The average molecular weight is 284 g/mol. The van der Waals surface area contributed by atoms with E-state index >= 15 is 0 Å². The molecule has 0 aliphatic carbocycles. The van der Waals surface area contributed by atoms with Gasteiger partial charge in [0.05, 0.1) is 13.0 Å². The highest BCUT2D eigenvalue weighted by Crippen LogP contribution is 2.12. The molecule has 0 atom stereocenters. The fraction of sp³-hybridized carbons (Fsp3) is 0.278. The van der Waals surface area contributed by atoms with Crippen molar-refractivity contribution in [1.82, 2.24) is 0 Å². The molecule has 0 fully saturated rings. The van der Waals surface area contributed by atoms with Crippen molar-refractivity contribution >= 4 is 5.97 Å². The molecule has 2 rings (SSSR count). The lowest BCUT2D eigenvalue weighted by Gasteiger charge is -2.07. The lowest BCUT2D eigenvalue weighted by atomic mass is 10.1. The first-order valence-corrected chi connectivity index (χ1v) is 7.04. The molecule has 3 nitrogen and oxygen atoms in total. The quantitative estimate of drug-likeness (QED) is 0.757. The van der Waals surface area contributed by atoms with Crippen molar-refractivity contribution in [2.75, 3.05) is 6.61 Å². The van der Waals surface area contributed by atoms with E-state index in [2.05, 4.69) is 0 Å². The zero-order chi connectivity index (χ0) is 15.1. The lowest BCUT2D eigenvalue weighted by Crippen LogP contribution is -2.10. The van der Waals surface area contributed by atoms with Crippen molar-refractivity contribution in [2.24, 2.45) is 0 Å². The van der Waals surface area contributed by atoms with Gasteiger partial charge in [0.2, 0.25) is 0 Å². The van der Waals surface area contributed by atoms with Crippen molar-refractivity contribution in [3.63, 3.8) is 0 Å². The highest BCUT2D eigenvalue weighted by atomic mass is 16.5. The first-order valence-electron chi connectivity index (χ1n) is 7.04. The van der Waals surface area contributed by atoms with E-state index in [4.69, 9.17) is 9.47 Å². The summed E-state index contributed by atoms with van der Waals surface area (Å²) in [6.07, 6.45) is 0.250. The molecule has 3 heteroatoms. The van der Waals surface area contributed by atoms with Crippen LogP contribution in [0.15, 0.2) is 48.5 Å². The highest BCUT2D eigenvalue weighted by Gasteiger charge is 2.04. The number of esters is 1. The van der Waals surface area contributed by atoms with Gasteiger partial charge in [0, 0.05) is 0 Å². The van der Waals surface area contributed by atoms with Crippen molar-refractivity contribution in [2.45, 2.75) is 26.9 Å². The van der Waals surface area contributed by atoms with Crippen LogP contribution in [0.1, 0.15) is 23.1 Å². The van der Waals surface area contributed by atoms with Crippen molar-refractivity contribution < 1.29 is 14.3 Å². The summed E-state index contributed by atoms with van der Waals surface area (Å²) in [5.74, 6) is 0.524. The van der Waals surface area contributed by atoms with E-state index in [9.17, 15) is 4.79 Å². The van der Waals surface area contributed by atoms with Gasteiger partial charge < -0.3 is 9.47 Å². The second-order valence-electron chi connectivity index (χ2n) is 5.06. The Labute approximate surface area is 125 Å². The molecular formula is C18H20O3. The van der Waals surface area contributed by atoms with E-state index in [0.29, 0.717) is 13.2 Å². The predicted octanol–water partition coefficient (Wildman–Crippen LogP) is 3.82. The van der Waals surface area contributed by atoms with Gasteiger partial charge in [-0.15, -0.1) is 0 Å². The van der Waals surface area contributed by atoms with E-state index in [0.717, 1.165) is 16.9 Å². The van der Waals surface area contributed by atoms with Gasteiger partial charge >= 0.3 is 5.97 Å². The monoisotopic (exact) mass is 284 g/mol. The molecular weight excluding hydrogens is 264 g/mol. The second kappa shape index (κ2) is 7.48. The van der Waals surface area contributed by atoms with Crippen LogP contribution in [0, 0.1) is 13.8 Å². The van der Waals surface area contributed by atoms with Gasteiger partial charge in [-0.1, -0.05) is 47.5 Å². The topological polar surface area (TPSA) is 35.5 Å². The number of carbonyl (C=O) groups excluding carboxylic acids is 1. The summed E-state index contributed by atoms with van der Waals surface area (Å²) in [7, 11) is 0. The Kier molecular flexibility index (Phi) is 5.38. The fourth-order valence-corrected chi connectivity index (χ4v) is 1.92. The highest BCUT2D eigenvalue weighted by molar-refractivity contribution is 5.69. The fourth-order valence-electron chi connectivity index (χ4n) is 1.92. The summed E-state index contributed by atoms with van der Waals surface area (Å²) >= 11 is 0. The van der Waals surface area contributed by atoms with Crippen LogP contribution in [-0.4, -0.2) is 12.6 Å². The normalized spacial score (nSPS) is 10.2. The summed E-state index contributed by atoms with van der Waals surface area (Å²) in [5.41, 5.74) is 3.34. The van der Waals surface area contributed by atoms with E-state index in [1.165, 1.54) is 5.56 Å². The van der Waals surface area contributed by atoms with Crippen molar-refractivity contribution in [1.29, 1.82) is 0 Å². The van der Waals surface area contributed by atoms with Crippen LogP contribution in [0.2, 0.25) is 0 Å². The average Bonchev–Trinajstić information content (AvgIpc) is 2.47. The molecule has 0 saturated carbocycles. The maximum atomic E-state index is 11.6. The minimum atomic E-state index is -0.247. The molecule has 0 saturated heterocycles. The van der Waals surface area contributed by atoms with Gasteiger partial charge in [0.1, 0.15) is 12.4 Å². The number of ether oxygens (including phenoxy) is 2. The lowest BCUT2D eigenvalue weighted by molar-refractivity contribution is -0.145. The van der Waals surface area contributed by atoms with Gasteiger partial charge in [-0.3, -0.25) is 4.79 Å². The molecule has 0 unspecified atom stereocenters. The predicted molar refractivity (Wildman–Crippen MR) is 82.3 cm³/mol. The molecule has 0 bridgehead atoms. The van der Waals surface area contributed by atoms with Gasteiger partial charge in [-0.05, 0) is 31.5 Å². The summed E-state index contributed by atoms with van der Waals surface area (Å²) in [6, 6.07) is 15.7. The zero-order valence-corrected chi connectivity index (χ0v) is 12.5. The largest absolute Gasteiger partial charge is 0.493 e. The maximum absolute atomic E-state index is 11.6. The number of hydrogen-bond donors (Lipinski definition) is 0. The molecule has 0 N–H and O–H groups in total. The Hall–Kier alpha value is -2.29. The van der Waals surface area contributed by atoms with Gasteiger partial charge in [0.15, 0.2) is 0 Å². The summed E-state index contributed by atoms with van der Waals surface area (Å²) < 4.78 is 10.7. The first-order chi connectivity index (χ1) is 10.1. The molecule has 0 spiro atoms. The summed E-state index contributed by atoms with van der Waals surface area (Å²) in [5, 5.41) is 0. The second-order valence-corrected chi connectivity index (χ2v) is 5.06. The molecule has 0 amide bonds.